The van der Waals surface area contributed by atoms with Crippen molar-refractivity contribution in [2.24, 2.45) is 5.92 Å². The second kappa shape index (κ2) is 8.48. The maximum absolute atomic E-state index is 13.2. The van der Waals surface area contributed by atoms with E-state index < -0.39 is 0 Å². The first-order valence-electron chi connectivity index (χ1n) is 9.36. The van der Waals surface area contributed by atoms with E-state index in [0.717, 1.165) is 10.6 Å². The Morgan fingerprint density at radius 2 is 1.96 bits per heavy atom. The van der Waals surface area contributed by atoms with Gasteiger partial charge in [0, 0.05) is 23.9 Å². The van der Waals surface area contributed by atoms with Crippen LogP contribution in [0.5, 0.6) is 0 Å². The fourth-order valence-corrected chi connectivity index (χ4v) is 4.27. The average Bonchev–Trinajstić information content (AvgIpc) is 3.50. The Morgan fingerprint density at radius 1 is 1.11 bits per heavy atom. The number of carbonyl (C=O) groups is 2. The fraction of sp³-hybridized carbons (Fsp3) is 0.333. The van der Waals surface area contributed by atoms with E-state index in [-0.39, 0.29) is 17.7 Å². The van der Waals surface area contributed by atoms with Gasteiger partial charge in [0.05, 0.1) is 31.2 Å². The minimum atomic E-state index is -0.0803. The molecule has 6 nitrogen and oxygen atoms in total. The van der Waals surface area contributed by atoms with E-state index in [2.05, 4.69) is 0 Å². The van der Waals surface area contributed by atoms with Crippen molar-refractivity contribution in [2.45, 2.75) is 25.9 Å². The maximum Gasteiger partial charge on any atom is 0.257 e. The van der Waals surface area contributed by atoms with Gasteiger partial charge in [-0.05, 0) is 42.5 Å². The first kappa shape index (κ1) is 18.6. The lowest BCUT2D eigenvalue weighted by atomic mass is 9.94. The highest BCUT2D eigenvalue weighted by molar-refractivity contribution is 7.09. The van der Waals surface area contributed by atoms with Crippen molar-refractivity contribution in [1.82, 2.24) is 9.80 Å². The third-order valence-corrected chi connectivity index (χ3v) is 5.93. The first-order valence-corrected chi connectivity index (χ1v) is 10.2. The van der Waals surface area contributed by atoms with Gasteiger partial charge in [-0.15, -0.1) is 11.3 Å². The molecule has 0 saturated carbocycles. The van der Waals surface area contributed by atoms with E-state index in [1.807, 2.05) is 34.5 Å². The Bertz CT molecular complexity index is 843. The van der Waals surface area contributed by atoms with Crippen molar-refractivity contribution in [3.8, 4) is 0 Å². The molecule has 0 atom stereocenters. The monoisotopic (exact) mass is 398 g/mol. The lowest BCUT2D eigenvalue weighted by Gasteiger charge is -2.34. The van der Waals surface area contributed by atoms with Crippen LogP contribution in [0.1, 0.15) is 33.8 Å². The van der Waals surface area contributed by atoms with Gasteiger partial charge in [0.2, 0.25) is 5.91 Å². The molecule has 1 aliphatic rings. The predicted octanol–water partition coefficient (Wildman–Crippen LogP) is 4.02. The molecule has 4 rings (SSSR count). The van der Waals surface area contributed by atoms with E-state index in [4.69, 9.17) is 8.83 Å². The summed E-state index contributed by atoms with van der Waals surface area (Å²) in [6, 6.07) is 9.43. The SMILES string of the molecule is O=C(c1ccoc1)N1CCC(C(=O)N(Cc2ccco2)Cc2cccs2)CC1. The Labute approximate surface area is 167 Å². The number of hydrogen-bond acceptors (Lipinski definition) is 5. The summed E-state index contributed by atoms with van der Waals surface area (Å²) in [4.78, 5) is 30.5. The minimum absolute atomic E-state index is 0.0364. The van der Waals surface area contributed by atoms with Crippen LogP contribution in [0.3, 0.4) is 0 Å². The van der Waals surface area contributed by atoms with E-state index in [0.29, 0.717) is 44.6 Å². The molecule has 0 aromatic carbocycles. The summed E-state index contributed by atoms with van der Waals surface area (Å²) in [5.41, 5.74) is 0.557. The lowest BCUT2D eigenvalue weighted by Crippen LogP contribution is -2.44. The lowest BCUT2D eigenvalue weighted by molar-refractivity contribution is -0.138. The Kier molecular flexibility index (Phi) is 5.62. The summed E-state index contributed by atoms with van der Waals surface area (Å²) in [7, 11) is 0. The summed E-state index contributed by atoms with van der Waals surface area (Å²) in [5, 5.41) is 2.02. The molecule has 0 bridgehead atoms. The third-order valence-electron chi connectivity index (χ3n) is 5.06. The van der Waals surface area contributed by atoms with Gasteiger partial charge in [-0.1, -0.05) is 6.07 Å². The number of amides is 2. The highest BCUT2D eigenvalue weighted by atomic mass is 32.1. The Morgan fingerprint density at radius 3 is 2.61 bits per heavy atom. The molecule has 28 heavy (non-hydrogen) atoms. The largest absolute Gasteiger partial charge is 0.472 e. The Balaban J connectivity index is 1.40. The van der Waals surface area contributed by atoms with Crippen LogP contribution in [0, 0.1) is 5.92 Å². The smallest absolute Gasteiger partial charge is 0.257 e. The zero-order valence-corrected chi connectivity index (χ0v) is 16.3. The first-order chi connectivity index (χ1) is 13.7. The quantitative estimate of drug-likeness (QED) is 0.629. The molecule has 4 heterocycles. The fourth-order valence-electron chi connectivity index (χ4n) is 3.55. The van der Waals surface area contributed by atoms with Crippen LogP contribution < -0.4 is 0 Å². The van der Waals surface area contributed by atoms with Crippen molar-refractivity contribution in [1.29, 1.82) is 0 Å². The molecule has 0 spiro atoms. The van der Waals surface area contributed by atoms with Crippen molar-refractivity contribution in [3.63, 3.8) is 0 Å². The molecule has 146 valence electrons. The standard InChI is InChI=1S/C21H22N2O4S/c24-20(16-5-8-22(9-6-16)21(25)17-7-11-26-15-17)23(13-18-3-1-10-27-18)14-19-4-2-12-28-19/h1-4,7,10-12,15-16H,5-6,8-9,13-14H2. The van der Waals surface area contributed by atoms with Gasteiger partial charge in [0.25, 0.3) is 5.91 Å². The molecule has 0 aliphatic carbocycles. The van der Waals surface area contributed by atoms with Gasteiger partial charge in [-0.3, -0.25) is 9.59 Å². The number of piperidine rings is 1. The molecular weight excluding hydrogens is 376 g/mol. The zero-order chi connectivity index (χ0) is 19.3. The molecule has 3 aromatic heterocycles. The molecule has 2 amide bonds. The highest BCUT2D eigenvalue weighted by Gasteiger charge is 2.31. The summed E-state index contributed by atoms with van der Waals surface area (Å²) >= 11 is 1.64. The second-order valence-corrected chi connectivity index (χ2v) is 7.96. The van der Waals surface area contributed by atoms with Gasteiger partial charge >= 0.3 is 0 Å². The zero-order valence-electron chi connectivity index (χ0n) is 15.5. The topological polar surface area (TPSA) is 66.9 Å². The minimum Gasteiger partial charge on any atom is -0.472 e. The molecule has 1 fully saturated rings. The molecule has 0 unspecified atom stereocenters. The summed E-state index contributed by atoms with van der Waals surface area (Å²) in [5.74, 6) is 0.784. The van der Waals surface area contributed by atoms with Crippen molar-refractivity contribution >= 4 is 23.2 Å². The summed E-state index contributed by atoms with van der Waals surface area (Å²) in [6.45, 7) is 2.19. The molecule has 3 aromatic rings. The van der Waals surface area contributed by atoms with Gasteiger partial charge in [0.15, 0.2) is 0 Å². The van der Waals surface area contributed by atoms with Crippen LogP contribution >= 0.6 is 11.3 Å². The molecule has 0 N–H and O–H groups in total. The van der Waals surface area contributed by atoms with Crippen LogP contribution in [-0.4, -0.2) is 34.7 Å². The number of likely N-dealkylation sites (tertiary alicyclic amines) is 1. The number of rotatable bonds is 6. The van der Waals surface area contributed by atoms with Gasteiger partial charge < -0.3 is 18.6 Å². The van der Waals surface area contributed by atoms with Gasteiger partial charge in [-0.25, -0.2) is 0 Å². The third kappa shape index (κ3) is 4.20. The normalized spacial score (nSPS) is 14.9. The van der Waals surface area contributed by atoms with Crippen LogP contribution in [-0.2, 0) is 17.9 Å². The second-order valence-electron chi connectivity index (χ2n) is 6.93. The molecule has 7 heteroatoms. The highest BCUT2D eigenvalue weighted by Crippen LogP contribution is 2.24. The van der Waals surface area contributed by atoms with Crippen molar-refractivity contribution in [2.75, 3.05) is 13.1 Å². The predicted molar refractivity (Wildman–Crippen MR) is 105 cm³/mol. The average molecular weight is 398 g/mol. The molecular formula is C21H22N2O4S. The molecule has 1 saturated heterocycles. The van der Waals surface area contributed by atoms with E-state index in [1.165, 1.54) is 12.5 Å². The van der Waals surface area contributed by atoms with E-state index in [1.54, 1.807) is 28.6 Å². The van der Waals surface area contributed by atoms with Crippen LogP contribution in [0.2, 0.25) is 0 Å². The number of hydrogen-bond donors (Lipinski definition) is 0. The molecule has 1 aliphatic heterocycles. The summed E-state index contributed by atoms with van der Waals surface area (Å²) < 4.78 is 10.5. The van der Waals surface area contributed by atoms with Gasteiger partial charge in [0.1, 0.15) is 12.0 Å². The van der Waals surface area contributed by atoms with Crippen molar-refractivity contribution in [3.05, 3.63) is 70.7 Å². The summed E-state index contributed by atoms with van der Waals surface area (Å²) in [6.07, 6.45) is 5.93. The number of furan rings is 2. The van der Waals surface area contributed by atoms with Crippen LogP contribution in [0.25, 0.3) is 0 Å². The maximum atomic E-state index is 13.2. The number of nitrogens with zero attached hydrogens (tertiary/aromatic N) is 2. The molecule has 0 radical (unpaired) electrons. The van der Waals surface area contributed by atoms with E-state index in [9.17, 15) is 9.59 Å². The number of thiophene rings is 1. The van der Waals surface area contributed by atoms with E-state index >= 15 is 0 Å². The van der Waals surface area contributed by atoms with Gasteiger partial charge in [-0.2, -0.15) is 0 Å². The van der Waals surface area contributed by atoms with Crippen LogP contribution in [0.15, 0.2) is 63.3 Å². The Hall–Kier alpha value is -2.80. The van der Waals surface area contributed by atoms with Crippen LogP contribution in [0.4, 0.5) is 0 Å². The van der Waals surface area contributed by atoms with Crippen molar-refractivity contribution < 1.29 is 18.4 Å². The number of carbonyl (C=O) groups excluding carboxylic acids is 2.